The Balaban J connectivity index is 1.56. The Bertz CT molecular complexity index is 777. The molecule has 0 N–H and O–H groups in total. The molecular weight excluding hydrogens is 362 g/mol. The molecule has 2 aromatic carbocycles. The first kappa shape index (κ1) is 18.9. The molecule has 0 unspecified atom stereocenters. The topological polar surface area (TPSA) is 9.23 Å². The van der Waals surface area contributed by atoms with Crippen LogP contribution in [0.15, 0.2) is 47.4 Å². The molecule has 27 heavy (non-hydrogen) atoms. The number of ether oxygens (including phenoxy) is 1. The third-order valence-corrected chi connectivity index (χ3v) is 6.77. The molecule has 0 bridgehead atoms. The van der Waals surface area contributed by atoms with Crippen LogP contribution in [0.2, 0.25) is 0 Å². The van der Waals surface area contributed by atoms with E-state index in [0.717, 1.165) is 42.7 Å². The molecular formula is C23H26F2OS. The molecule has 0 amide bonds. The maximum atomic E-state index is 14.2. The van der Waals surface area contributed by atoms with Crippen LogP contribution in [-0.4, -0.2) is 12.9 Å². The van der Waals surface area contributed by atoms with Gasteiger partial charge in [0.1, 0.15) is 11.6 Å². The Labute approximate surface area is 164 Å². The quantitative estimate of drug-likeness (QED) is 0.511. The van der Waals surface area contributed by atoms with E-state index in [-0.39, 0.29) is 11.6 Å². The molecule has 2 fully saturated rings. The lowest BCUT2D eigenvalue weighted by molar-refractivity contribution is -0.0836. The molecule has 4 rings (SSSR count). The Morgan fingerprint density at radius 1 is 0.963 bits per heavy atom. The highest BCUT2D eigenvalue weighted by atomic mass is 32.2. The zero-order valence-electron chi connectivity index (χ0n) is 15.7. The van der Waals surface area contributed by atoms with Crippen molar-refractivity contribution < 1.29 is 13.5 Å². The van der Waals surface area contributed by atoms with E-state index in [1.54, 1.807) is 23.9 Å². The van der Waals surface area contributed by atoms with E-state index >= 15 is 0 Å². The predicted molar refractivity (Wildman–Crippen MR) is 106 cm³/mol. The summed E-state index contributed by atoms with van der Waals surface area (Å²) in [6.07, 6.45) is 8.16. The van der Waals surface area contributed by atoms with Crippen LogP contribution in [0.3, 0.4) is 0 Å². The van der Waals surface area contributed by atoms with E-state index in [1.165, 1.54) is 30.5 Å². The summed E-state index contributed by atoms with van der Waals surface area (Å²) < 4.78 is 34.0. The molecule has 2 aliphatic rings. The summed E-state index contributed by atoms with van der Waals surface area (Å²) in [5.41, 5.74) is 1.77. The van der Waals surface area contributed by atoms with Crippen LogP contribution in [0.25, 0.3) is 0 Å². The molecule has 4 heteroatoms. The van der Waals surface area contributed by atoms with Crippen LogP contribution >= 0.6 is 11.8 Å². The van der Waals surface area contributed by atoms with E-state index in [9.17, 15) is 8.78 Å². The van der Waals surface area contributed by atoms with E-state index in [0.29, 0.717) is 11.8 Å². The first-order valence-electron chi connectivity index (χ1n) is 9.82. The normalized spacial score (nSPS) is 25.5. The summed E-state index contributed by atoms with van der Waals surface area (Å²) in [5, 5.41) is 0. The zero-order chi connectivity index (χ0) is 18.9. The number of benzene rings is 2. The maximum absolute atomic E-state index is 14.2. The summed E-state index contributed by atoms with van der Waals surface area (Å²) in [6.45, 7) is 0.770. The van der Waals surface area contributed by atoms with Gasteiger partial charge in [-0.15, -0.1) is 11.8 Å². The van der Waals surface area contributed by atoms with Crippen LogP contribution in [0.4, 0.5) is 8.78 Å². The minimum Gasteiger partial charge on any atom is -0.370 e. The minimum absolute atomic E-state index is 0.188. The molecule has 0 saturated heterocycles. The molecule has 2 aromatic rings. The largest absolute Gasteiger partial charge is 0.370 e. The van der Waals surface area contributed by atoms with Crippen LogP contribution in [-0.2, 0) is 10.3 Å². The molecule has 0 atom stereocenters. The lowest BCUT2D eigenvalue weighted by atomic mass is 9.73. The highest BCUT2D eigenvalue weighted by molar-refractivity contribution is 7.98. The Morgan fingerprint density at radius 2 is 1.67 bits per heavy atom. The van der Waals surface area contributed by atoms with E-state index in [1.807, 2.05) is 18.4 Å². The van der Waals surface area contributed by atoms with Gasteiger partial charge in [0.25, 0.3) is 0 Å². The van der Waals surface area contributed by atoms with Crippen molar-refractivity contribution in [3.8, 4) is 0 Å². The van der Waals surface area contributed by atoms with Crippen molar-refractivity contribution >= 4 is 11.8 Å². The molecule has 144 valence electrons. The van der Waals surface area contributed by atoms with E-state index < -0.39 is 5.60 Å². The van der Waals surface area contributed by atoms with Crippen molar-refractivity contribution in [1.29, 1.82) is 0 Å². The average molecular weight is 389 g/mol. The highest BCUT2D eigenvalue weighted by Crippen LogP contribution is 2.47. The summed E-state index contributed by atoms with van der Waals surface area (Å²) in [4.78, 5) is 0.944. The summed E-state index contributed by atoms with van der Waals surface area (Å²) in [5.74, 6) is 0.704. The van der Waals surface area contributed by atoms with E-state index in [4.69, 9.17) is 4.74 Å². The van der Waals surface area contributed by atoms with Gasteiger partial charge < -0.3 is 4.74 Å². The molecule has 2 aliphatic carbocycles. The summed E-state index contributed by atoms with van der Waals surface area (Å²) in [6, 6.07) is 12.2. The van der Waals surface area contributed by atoms with Crippen molar-refractivity contribution in [2.24, 2.45) is 5.92 Å². The maximum Gasteiger partial charge on any atom is 0.124 e. The average Bonchev–Trinajstić information content (AvgIpc) is 3.51. The third-order valence-electron chi connectivity index (χ3n) is 6.06. The zero-order valence-corrected chi connectivity index (χ0v) is 16.5. The first-order chi connectivity index (χ1) is 13.1. The molecule has 0 aromatic heterocycles. The molecule has 0 spiro atoms. The third kappa shape index (κ3) is 4.38. The van der Waals surface area contributed by atoms with Gasteiger partial charge in [-0.3, -0.25) is 0 Å². The first-order valence-corrected chi connectivity index (χ1v) is 11.0. The van der Waals surface area contributed by atoms with Gasteiger partial charge >= 0.3 is 0 Å². The molecule has 0 aliphatic heterocycles. The van der Waals surface area contributed by atoms with Gasteiger partial charge in [-0.25, -0.2) is 8.78 Å². The molecule has 0 radical (unpaired) electrons. The smallest absolute Gasteiger partial charge is 0.124 e. The Kier molecular flexibility index (Phi) is 5.56. The van der Waals surface area contributed by atoms with Crippen LogP contribution < -0.4 is 0 Å². The minimum atomic E-state index is -0.397. The molecule has 2 saturated carbocycles. The Morgan fingerprint density at radius 3 is 2.30 bits per heavy atom. The number of hydrogen-bond donors (Lipinski definition) is 0. The van der Waals surface area contributed by atoms with Gasteiger partial charge in [0.2, 0.25) is 0 Å². The molecule has 1 nitrogen and oxygen atoms in total. The van der Waals surface area contributed by atoms with Gasteiger partial charge in [0.05, 0.1) is 12.2 Å². The number of rotatable bonds is 6. The van der Waals surface area contributed by atoms with Gasteiger partial charge in [-0.1, -0.05) is 12.1 Å². The molecule has 0 heterocycles. The van der Waals surface area contributed by atoms with Crippen molar-refractivity contribution in [3.05, 3.63) is 65.2 Å². The second-order valence-corrected chi connectivity index (χ2v) is 8.83. The highest BCUT2D eigenvalue weighted by Gasteiger charge is 2.40. The van der Waals surface area contributed by atoms with Gasteiger partial charge in [-0.05, 0) is 98.1 Å². The SMILES string of the molecule is CSc1cc(F)cc(C2(OCC3CC3)CCC(c3ccc(F)cc3)CC2)c1. The number of halogens is 2. The summed E-state index contributed by atoms with van der Waals surface area (Å²) in [7, 11) is 0. The number of hydrogen-bond acceptors (Lipinski definition) is 2. The lowest BCUT2D eigenvalue weighted by Crippen LogP contribution is -2.35. The van der Waals surface area contributed by atoms with Crippen molar-refractivity contribution in [2.75, 3.05) is 12.9 Å². The Hall–Kier alpha value is -1.39. The second-order valence-electron chi connectivity index (χ2n) is 7.95. The second kappa shape index (κ2) is 7.92. The van der Waals surface area contributed by atoms with Crippen molar-refractivity contribution in [1.82, 2.24) is 0 Å². The van der Waals surface area contributed by atoms with Crippen LogP contribution in [0.1, 0.15) is 55.6 Å². The van der Waals surface area contributed by atoms with Gasteiger partial charge in [0.15, 0.2) is 0 Å². The standard InChI is InChI=1S/C23H26F2OS/c1-27-22-13-19(12-21(25)14-22)23(26-15-16-2-3-16)10-8-18(9-11-23)17-4-6-20(24)7-5-17/h4-7,12-14,16,18H,2-3,8-11,15H2,1H3. The fraction of sp³-hybridized carbons (Fsp3) is 0.478. The van der Waals surface area contributed by atoms with Gasteiger partial charge in [-0.2, -0.15) is 0 Å². The predicted octanol–water partition coefficient (Wildman–Crippen LogP) is 6.67. The van der Waals surface area contributed by atoms with Crippen molar-refractivity contribution in [2.45, 2.75) is 54.9 Å². The summed E-state index contributed by atoms with van der Waals surface area (Å²) >= 11 is 1.56. The monoisotopic (exact) mass is 388 g/mol. The van der Waals surface area contributed by atoms with Crippen LogP contribution in [0, 0.1) is 17.6 Å². The fourth-order valence-corrected chi connectivity index (χ4v) is 4.65. The van der Waals surface area contributed by atoms with Crippen LogP contribution in [0.5, 0.6) is 0 Å². The number of thioether (sulfide) groups is 1. The van der Waals surface area contributed by atoms with Gasteiger partial charge in [0, 0.05) is 4.90 Å². The lowest BCUT2D eigenvalue weighted by Gasteiger charge is -2.41. The van der Waals surface area contributed by atoms with Crippen molar-refractivity contribution in [3.63, 3.8) is 0 Å². The fourth-order valence-electron chi connectivity index (χ4n) is 4.17. The van der Waals surface area contributed by atoms with E-state index in [2.05, 4.69) is 6.07 Å².